The van der Waals surface area contributed by atoms with Crippen molar-refractivity contribution in [1.82, 2.24) is 14.4 Å². The minimum Gasteiger partial charge on any atom is -0.322 e. The summed E-state index contributed by atoms with van der Waals surface area (Å²) in [5, 5.41) is 2.90. The van der Waals surface area contributed by atoms with Gasteiger partial charge in [-0.25, -0.2) is 9.97 Å². The number of amides is 1. The Morgan fingerprint density at radius 1 is 1.07 bits per heavy atom. The predicted molar refractivity (Wildman–Crippen MR) is 107 cm³/mol. The number of nitrogens with zero attached hydrogens (tertiary/aromatic N) is 3. The molecule has 5 nitrogen and oxygen atoms in total. The maximum atomic E-state index is 12.2. The number of carbonyl (C=O) groups is 1. The molecule has 27 heavy (non-hydrogen) atoms. The van der Waals surface area contributed by atoms with Crippen molar-refractivity contribution in [3.05, 3.63) is 90.4 Å². The molecule has 0 radical (unpaired) electrons. The second-order valence-corrected chi connectivity index (χ2v) is 6.15. The van der Waals surface area contributed by atoms with Crippen LogP contribution in [-0.2, 0) is 4.79 Å². The minimum absolute atomic E-state index is 0.176. The molecule has 0 aliphatic heterocycles. The van der Waals surface area contributed by atoms with E-state index < -0.39 is 0 Å². The largest absolute Gasteiger partial charge is 0.322 e. The fraction of sp³-hybridized carbons (Fsp3) is 0.0455. The topological polar surface area (TPSA) is 59.3 Å². The van der Waals surface area contributed by atoms with E-state index in [0.717, 1.165) is 28.2 Å². The van der Waals surface area contributed by atoms with E-state index in [4.69, 9.17) is 0 Å². The third-order valence-corrected chi connectivity index (χ3v) is 4.27. The molecular formula is C22H18N4O. The molecule has 0 aliphatic carbocycles. The normalized spacial score (nSPS) is 11.1. The lowest BCUT2D eigenvalue weighted by molar-refractivity contribution is -0.111. The maximum absolute atomic E-state index is 12.2. The molecule has 4 rings (SSSR count). The van der Waals surface area contributed by atoms with Crippen LogP contribution in [0.3, 0.4) is 0 Å². The summed E-state index contributed by atoms with van der Waals surface area (Å²) < 4.78 is 1.95. The molecule has 0 bridgehead atoms. The molecule has 2 aromatic carbocycles. The van der Waals surface area contributed by atoms with E-state index in [0.29, 0.717) is 5.78 Å². The summed E-state index contributed by atoms with van der Waals surface area (Å²) >= 11 is 0. The zero-order valence-corrected chi connectivity index (χ0v) is 14.8. The average molecular weight is 354 g/mol. The highest BCUT2D eigenvalue weighted by atomic mass is 16.1. The van der Waals surface area contributed by atoms with E-state index >= 15 is 0 Å². The highest BCUT2D eigenvalue weighted by Crippen LogP contribution is 2.25. The number of aryl methyl sites for hydroxylation is 1. The van der Waals surface area contributed by atoms with E-state index in [1.165, 1.54) is 6.08 Å². The van der Waals surface area contributed by atoms with Crippen molar-refractivity contribution in [3.8, 4) is 11.3 Å². The van der Waals surface area contributed by atoms with Crippen LogP contribution in [-0.4, -0.2) is 20.3 Å². The Balaban J connectivity index is 1.56. The van der Waals surface area contributed by atoms with Gasteiger partial charge in [0.05, 0.1) is 5.69 Å². The van der Waals surface area contributed by atoms with Crippen LogP contribution in [0.5, 0.6) is 0 Å². The van der Waals surface area contributed by atoms with Crippen LogP contribution >= 0.6 is 0 Å². The number of hydrogen-bond donors (Lipinski definition) is 1. The maximum Gasteiger partial charge on any atom is 0.248 e. The third-order valence-electron chi connectivity index (χ3n) is 4.27. The first-order valence-electron chi connectivity index (χ1n) is 8.65. The van der Waals surface area contributed by atoms with E-state index in [1.807, 2.05) is 78.2 Å². The monoisotopic (exact) mass is 354 g/mol. The molecule has 2 aromatic heterocycles. The van der Waals surface area contributed by atoms with Crippen molar-refractivity contribution >= 4 is 23.4 Å². The summed E-state index contributed by atoms with van der Waals surface area (Å²) in [6.45, 7) is 2.00. The Hall–Kier alpha value is -3.73. The SMILES string of the molecule is Cc1c(-c2cccc(NC(=O)C=Cc3ccccc3)c2)nc2ncccn12. The smallest absolute Gasteiger partial charge is 0.248 e. The van der Waals surface area contributed by atoms with Crippen LogP contribution in [0.2, 0.25) is 0 Å². The van der Waals surface area contributed by atoms with E-state index in [9.17, 15) is 4.79 Å². The van der Waals surface area contributed by atoms with Gasteiger partial charge in [0, 0.05) is 35.4 Å². The fourth-order valence-electron chi connectivity index (χ4n) is 2.94. The molecule has 0 unspecified atom stereocenters. The van der Waals surface area contributed by atoms with Gasteiger partial charge in [-0.05, 0) is 36.8 Å². The van der Waals surface area contributed by atoms with Crippen LogP contribution in [0.15, 0.2) is 79.1 Å². The van der Waals surface area contributed by atoms with Gasteiger partial charge in [-0.3, -0.25) is 9.20 Å². The summed E-state index contributed by atoms with van der Waals surface area (Å²) in [4.78, 5) is 21.1. The molecule has 0 atom stereocenters. The number of imidazole rings is 1. The Bertz CT molecular complexity index is 1130. The Kier molecular flexibility index (Phi) is 4.49. The van der Waals surface area contributed by atoms with Crippen LogP contribution in [0.4, 0.5) is 5.69 Å². The van der Waals surface area contributed by atoms with Gasteiger partial charge >= 0.3 is 0 Å². The van der Waals surface area contributed by atoms with Gasteiger partial charge in [-0.2, -0.15) is 0 Å². The van der Waals surface area contributed by atoms with E-state index in [2.05, 4.69) is 15.3 Å². The number of fused-ring (bicyclic) bond motifs is 1. The van der Waals surface area contributed by atoms with Crippen molar-refractivity contribution in [2.24, 2.45) is 0 Å². The van der Waals surface area contributed by atoms with Gasteiger partial charge in [0.25, 0.3) is 0 Å². The van der Waals surface area contributed by atoms with Crippen LogP contribution < -0.4 is 5.32 Å². The summed E-state index contributed by atoms with van der Waals surface area (Å²) in [5.41, 5.74) is 4.49. The van der Waals surface area contributed by atoms with E-state index in [1.54, 1.807) is 12.3 Å². The molecule has 4 aromatic rings. The van der Waals surface area contributed by atoms with Gasteiger partial charge in [0.2, 0.25) is 11.7 Å². The first-order chi connectivity index (χ1) is 13.2. The Labute approximate surface area is 157 Å². The first kappa shape index (κ1) is 16.7. The van der Waals surface area contributed by atoms with E-state index in [-0.39, 0.29) is 5.91 Å². The highest BCUT2D eigenvalue weighted by molar-refractivity contribution is 6.02. The number of benzene rings is 2. The number of nitrogens with one attached hydrogen (secondary N) is 1. The number of hydrogen-bond acceptors (Lipinski definition) is 3. The standard InChI is InChI=1S/C22H18N4O/c1-16-21(25-22-23-13-6-14-26(16)22)18-9-5-10-19(15-18)24-20(27)12-11-17-7-3-2-4-8-17/h2-15H,1H3,(H,24,27). The number of aromatic nitrogens is 3. The number of rotatable bonds is 4. The second kappa shape index (κ2) is 7.25. The zero-order valence-electron chi connectivity index (χ0n) is 14.8. The lowest BCUT2D eigenvalue weighted by Crippen LogP contribution is -2.07. The van der Waals surface area contributed by atoms with Gasteiger partial charge in [-0.15, -0.1) is 0 Å². The molecule has 1 amide bonds. The van der Waals surface area contributed by atoms with Gasteiger partial charge in [-0.1, -0.05) is 42.5 Å². The van der Waals surface area contributed by atoms with Gasteiger partial charge in [0.15, 0.2) is 0 Å². The third kappa shape index (κ3) is 3.62. The molecule has 0 aliphatic rings. The van der Waals surface area contributed by atoms with Gasteiger partial charge in [0.1, 0.15) is 0 Å². The van der Waals surface area contributed by atoms with Crippen LogP contribution in [0.1, 0.15) is 11.3 Å². The van der Waals surface area contributed by atoms with Gasteiger partial charge < -0.3 is 5.32 Å². The average Bonchev–Trinajstić information content (AvgIpc) is 3.04. The summed E-state index contributed by atoms with van der Waals surface area (Å²) in [5.74, 6) is 0.481. The number of carbonyl (C=O) groups excluding carboxylic acids is 1. The molecule has 0 saturated carbocycles. The quantitative estimate of drug-likeness (QED) is 0.554. The van der Waals surface area contributed by atoms with Crippen LogP contribution in [0, 0.1) is 6.92 Å². The minimum atomic E-state index is -0.176. The molecule has 1 N–H and O–H groups in total. The first-order valence-corrected chi connectivity index (χ1v) is 8.65. The van der Waals surface area contributed by atoms with Crippen molar-refractivity contribution < 1.29 is 4.79 Å². The molecular weight excluding hydrogens is 336 g/mol. The predicted octanol–water partition coefficient (Wildman–Crippen LogP) is 4.36. The Morgan fingerprint density at radius 2 is 1.93 bits per heavy atom. The lowest BCUT2D eigenvalue weighted by Gasteiger charge is -2.05. The molecule has 132 valence electrons. The molecule has 2 heterocycles. The Morgan fingerprint density at radius 3 is 2.74 bits per heavy atom. The molecule has 5 heteroatoms. The van der Waals surface area contributed by atoms with Crippen molar-refractivity contribution in [2.75, 3.05) is 5.32 Å². The fourth-order valence-corrected chi connectivity index (χ4v) is 2.94. The number of anilines is 1. The van der Waals surface area contributed by atoms with Crippen LogP contribution in [0.25, 0.3) is 23.1 Å². The zero-order chi connectivity index (χ0) is 18.6. The van der Waals surface area contributed by atoms with Crippen molar-refractivity contribution in [3.63, 3.8) is 0 Å². The van der Waals surface area contributed by atoms with Crippen molar-refractivity contribution in [1.29, 1.82) is 0 Å². The summed E-state index contributed by atoms with van der Waals surface area (Å²) in [6, 6.07) is 19.3. The summed E-state index contributed by atoms with van der Waals surface area (Å²) in [7, 11) is 0. The summed E-state index contributed by atoms with van der Waals surface area (Å²) in [6.07, 6.45) is 6.98. The molecule has 0 fully saturated rings. The lowest BCUT2D eigenvalue weighted by atomic mass is 10.1. The molecule has 0 spiro atoms. The van der Waals surface area contributed by atoms with Crippen molar-refractivity contribution in [2.45, 2.75) is 6.92 Å². The highest BCUT2D eigenvalue weighted by Gasteiger charge is 2.11. The second-order valence-electron chi connectivity index (χ2n) is 6.15. The molecule has 0 saturated heterocycles.